The van der Waals surface area contributed by atoms with Crippen LogP contribution in [0.1, 0.15) is 12.8 Å². The second kappa shape index (κ2) is 4.95. The lowest BCUT2D eigenvalue weighted by Crippen LogP contribution is -2.21. The third kappa shape index (κ3) is 2.61. The predicted molar refractivity (Wildman–Crippen MR) is 69.6 cm³/mol. The van der Waals surface area contributed by atoms with Gasteiger partial charge in [0.25, 0.3) is 0 Å². The molecule has 84 valence electrons. The van der Waals surface area contributed by atoms with E-state index < -0.39 is 0 Å². The van der Waals surface area contributed by atoms with Crippen LogP contribution in [0.3, 0.4) is 0 Å². The van der Waals surface area contributed by atoms with Gasteiger partial charge in [0, 0.05) is 9.49 Å². The highest BCUT2D eigenvalue weighted by atomic mass is 127. The standard InChI is InChI=1S/C12H11FINO/c13-9-5-6-11(10(14)7-9)15-12(16)8-3-1-2-4-8/h1-2,5-8H,3-4H2,(H,15,16). The molecule has 0 fully saturated rings. The average molecular weight is 331 g/mol. The molecule has 1 amide bonds. The minimum absolute atomic E-state index is 0.00882. The monoisotopic (exact) mass is 331 g/mol. The molecule has 0 bridgehead atoms. The Hall–Kier alpha value is -0.910. The Morgan fingerprint density at radius 3 is 2.69 bits per heavy atom. The van der Waals surface area contributed by atoms with Crippen LogP contribution in [0.25, 0.3) is 0 Å². The lowest BCUT2D eigenvalue weighted by molar-refractivity contribution is -0.119. The zero-order valence-corrected chi connectivity index (χ0v) is 10.7. The fourth-order valence-electron chi connectivity index (χ4n) is 1.66. The van der Waals surface area contributed by atoms with Crippen molar-refractivity contribution in [2.45, 2.75) is 12.8 Å². The summed E-state index contributed by atoms with van der Waals surface area (Å²) < 4.78 is 13.6. The van der Waals surface area contributed by atoms with Gasteiger partial charge < -0.3 is 5.32 Å². The fourth-order valence-corrected chi connectivity index (χ4v) is 2.27. The SMILES string of the molecule is O=C(Nc1ccc(F)cc1I)C1CC=CC1. The van der Waals surface area contributed by atoms with Crippen LogP contribution in [0.5, 0.6) is 0 Å². The third-order valence-corrected chi connectivity index (χ3v) is 3.46. The lowest BCUT2D eigenvalue weighted by Gasteiger charge is -2.11. The average Bonchev–Trinajstić information content (AvgIpc) is 2.75. The molecule has 0 saturated carbocycles. The zero-order valence-electron chi connectivity index (χ0n) is 8.54. The van der Waals surface area contributed by atoms with Crippen molar-refractivity contribution in [2.24, 2.45) is 5.92 Å². The van der Waals surface area contributed by atoms with Crippen LogP contribution < -0.4 is 5.32 Å². The van der Waals surface area contributed by atoms with Gasteiger partial charge in [-0.1, -0.05) is 12.2 Å². The van der Waals surface area contributed by atoms with Crippen molar-refractivity contribution in [2.75, 3.05) is 5.32 Å². The second-order valence-electron chi connectivity index (χ2n) is 3.75. The van der Waals surface area contributed by atoms with E-state index in [0.29, 0.717) is 5.69 Å². The lowest BCUT2D eigenvalue weighted by atomic mass is 10.1. The van der Waals surface area contributed by atoms with Crippen molar-refractivity contribution in [1.29, 1.82) is 0 Å². The Kier molecular flexibility index (Phi) is 3.58. The summed E-state index contributed by atoms with van der Waals surface area (Å²) in [4.78, 5) is 11.8. The fraction of sp³-hybridized carbons (Fsp3) is 0.250. The summed E-state index contributed by atoms with van der Waals surface area (Å²) in [6.07, 6.45) is 5.62. The number of benzene rings is 1. The van der Waals surface area contributed by atoms with Crippen molar-refractivity contribution in [1.82, 2.24) is 0 Å². The van der Waals surface area contributed by atoms with Gasteiger partial charge in [-0.25, -0.2) is 4.39 Å². The van der Waals surface area contributed by atoms with Crippen LogP contribution >= 0.6 is 22.6 Å². The molecule has 4 heteroatoms. The summed E-state index contributed by atoms with van der Waals surface area (Å²) in [5, 5.41) is 2.83. The summed E-state index contributed by atoms with van der Waals surface area (Å²) in [5.74, 6) is -0.250. The Balaban J connectivity index is 2.06. The highest BCUT2D eigenvalue weighted by molar-refractivity contribution is 14.1. The van der Waals surface area contributed by atoms with Crippen LogP contribution in [0, 0.1) is 15.3 Å². The number of hydrogen-bond acceptors (Lipinski definition) is 1. The molecule has 0 atom stereocenters. The molecule has 1 N–H and O–H groups in total. The van der Waals surface area contributed by atoms with E-state index in [1.54, 1.807) is 6.07 Å². The first-order chi connectivity index (χ1) is 7.66. The van der Waals surface area contributed by atoms with Crippen molar-refractivity contribution in [3.63, 3.8) is 0 Å². The molecule has 1 aromatic rings. The van der Waals surface area contributed by atoms with Crippen LogP contribution in [0.2, 0.25) is 0 Å². The number of anilines is 1. The molecular weight excluding hydrogens is 320 g/mol. The first kappa shape index (κ1) is 11.6. The van der Waals surface area contributed by atoms with Crippen molar-refractivity contribution in [3.05, 3.63) is 39.7 Å². The second-order valence-corrected chi connectivity index (χ2v) is 4.92. The molecule has 0 aromatic heterocycles. The Morgan fingerprint density at radius 1 is 1.38 bits per heavy atom. The molecule has 0 heterocycles. The van der Waals surface area contributed by atoms with Crippen molar-refractivity contribution in [3.8, 4) is 0 Å². The number of amides is 1. The number of halogens is 2. The van der Waals surface area contributed by atoms with E-state index in [-0.39, 0.29) is 17.6 Å². The van der Waals surface area contributed by atoms with Crippen LogP contribution in [-0.2, 0) is 4.79 Å². The number of nitrogens with one attached hydrogen (secondary N) is 1. The minimum atomic E-state index is -0.287. The van der Waals surface area contributed by atoms with Gasteiger partial charge >= 0.3 is 0 Å². The molecule has 2 rings (SSSR count). The highest BCUT2D eigenvalue weighted by Crippen LogP contribution is 2.23. The minimum Gasteiger partial charge on any atom is -0.325 e. The van der Waals surface area contributed by atoms with Gasteiger partial charge in [0.15, 0.2) is 0 Å². The molecule has 0 saturated heterocycles. The number of rotatable bonds is 2. The molecule has 2 nitrogen and oxygen atoms in total. The van der Waals surface area contributed by atoms with Crippen LogP contribution in [0.4, 0.5) is 10.1 Å². The van der Waals surface area contributed by atoms with E-state index in [0.717, 1.165) is 16.4 Å². The number of carbonyl (C=O) groups excluding carboxylic acids is 1. The van der Waals surface area contributed by atoms with E-state index in [1.807, 2.05) is 34.7 Å². The Morgan fingerprint density at radius 2 is 2.06 bits per heavy atom. The molecule has 1 aliphatic carbocycles. The van der Waals surface area contributed by atoms with Crippen LogP contribution in [-0.4, -0.2) is 5.91 Å². The molecule has 1 aliphatic rings. The summed E-state index contributed by atoms with van der Waals surface area (Å²) in [5.41, 5.74) is 0.680. The van der Waals surface area contributed by atoms with Crippen LogP contribution in [0.15, 0.2) is 30.4 Å². The predicted octanol–water partition coefficient (Wildman–Crippen LogP) is 3.34. The zero-order chi connectivity index (χ0) is 11.5. The molecule has 0 unspecified atom stereocenters. The normalized spacial score (nSPS) is 15.4. The molecule has 1 aromatic carbocycles. The molecule has 0 spiro atoms. The van der Waals surface area contributed by atoms with Gasteiger partial charge in [0.05, 0.1) is 5.69 Å². The Bertz CT molecular complexity index is 437. The maximum Gasteiger partial charge on any atom is 0.228 e. The van der Waals surface area contributed by atoms with Gasteiger partial charge in [0.1, 0.15) is 5.82 Å². The quantitative estimate of drug-likeness (QED) is 0.654. The topological polar surface area (TPSA) is 29.1 Å². The summed E-state index contributed by atoms with van der Waals surface area (Å²) >= 11 is 2.01. The first-order valence-corrected chi connectivity index (χ1v) is 6.15. The van der Waals surface area contributed by atoms with E-state index in [1.165, 1.54) is 12.1 Å². The third-order valence-electron chi connectivity index (χ3n) is 2.57. The first-order valence-electron chi connectivity index (χ1n) is 5.08. The summed E-state index contributed by atoms with van der Waals surface area (Å²) in [7, 11) is 0. The molecule has 16 heavy (non-hydrogen) atoms. The largest absolute Gasteiger partial charge is 0.325 e. The molecular formula is C12H11FINO. The van der Waals surface area contributed by atoms with E-state index in [4.69, 9.17) is 0 Å². The Labute approximate surface area is 107 Å². The van der Waals surface area contributed by atoms with E-state index >= 15 is 0 Å². The summed E-state index contributed by atoms with van der Waals surface area (Å²) in [6.45, 7) is 0. The van der Waals surface area contributed by atoms with Gasteiger partial charge in [-0.05, 0) is 53.6 Å². The highest BCUT2D eigenvalue weighted by Gasteiger charge is 2.19. The summed E-state index contributed by atoms with van der Waals surface area (Å²) in [6, 6.07) is 4.35. The number of allylic oxidation sites excluding steroid dienone is 2. The number of hydrogen-bond donors (Lipinski definition) is 1. The van der Waals surface area contributed by atoms with E-state index in [2.05, 4.69) is 5.32 Å². The van der Waals surface area contributed by atoms with Gasteiger partial charge in [-0.2, -0.15) is 0 Å². The maximum absolute atomic E-state index is 12.9. The van der Waals surface area contributed by atoms with E-state index in [9.17, 15) is 9.18 Å². The maximum atomic E-state index is 12.9. The van der Waals surface area contributed by atoms with Gasteiger partial charge in [0.2, 0.25) is 5.91 Å². The van der Waals surface area contributed by atoms with Gasteiger partial charge in [-0.3, -0.25) is 4.79 Å². The van der Waals surface area contributed by atoms with Gasteiger partial charge in [-0.15, -0.1) is 0 Å². The van der Waals surface area contributed by atoms with Crippen molar-refractivity contribution >= 4 is 34.2 Å². The molecule has 0 radical (unpaired) electrons. The number of carbonyl (C=O) groups is 1. The smallest absolute Gasteiger partial charge is 0.228 e. The van der Waals surface area contributed by atoms with Crippen molar-refractivity contribution < 1.29 is 9.18 Å². The molecule has 0 aliphatic heterocycles.